The molecule has 0 aliphatic carbocycles. The monoisotopic (exact) mass is 275 g/mol. The third kappa shape index (κ3) is 3.28. The lowest BCUT2D eigenvalue weighted by atomic mass is 9.91. The van der Waals surface area contributed by atoms with Crippen molar-refractivity contribution in [1.29, 1.82) is 0 Å². The first kappa shape index (κ1) is 13.9. The Kier molecular flexibility index (Phi) is 4.83. The highest BCUT2D eigenvalue weighted by Gasteiger charge is 2.16. The number of halogens is 1. The third-order valence-corrected chi connectivity index (χ3v) is 3.66. The summed E-state index contributed by atoms with van der Waals surface area (Å²) in [5.74, 6) is 1.08. The average Bonchev–Trinajstić information content (AvgIpc) is 2.46. The number of benzene rings is 2. The van der Waals surface area contributed by atoms with E-state index in [0.717, 1.165) is 28.3 Å². The molecule has 2 aromatic carbocycles. The maximum absolute atomic E-state index is 6.21. The molecule has 0 radical (unpaired) electrons. The molecule has 1 unspecified atom stereocenters. The molecule has 2 aromatic rings. The number of hydrogen-bond donors (Lipinski definition) is 1. The van der Waals surface area contributed by atoms with Crippen LogP contribution in [-0.4, -0.2) is 13.7 Å². The highest BCUT2D eigenvalue weighted by molar-refractivity contribution is 6.31. The van der Waals surface area contributed by atoms with Crippen LogP contribution in [0.2, 0.25) is 5.02 Å². The van der Waals surface area contributed by atoms with Gasteiger partial charge in [-0.3, -0.25) is 0 Å². The Balaban J connectivity index is 2.28. The van der Waals surface area contributed by atoms with Gasteiger partial charge in [0.2, 0.25) is 0 Å². The molecule has 0 spiro atoms. The minimum absolute atomic E-state index is 0.205. The molecule has 1 atom stereocenters. The van der Waals surface area contributed by atoms with Gasteiger partial charge in [-0.1, -0.05) is 48.0 Å². The second kappa shape index (κ2) is 6.60. The van der Waals surface area contributed by atoms with Gasteiger partial charge in [-0.25, -0.2) is 0 Å². The van der Waals surface area contributed by atoms with Gasteiger partial charge in [-0.05, 0) is 36.2 Å². The Morgan fingerprint density at radius 1 is 1.11 bits per heavy atom. The summed E-state index contributed by atoms with van der Waals surface area (Å²) in [6, 6.07) is 15.9. The van der Waals surface area contributed by atoms with Gasteiger partial charge in [0.1, 0.15) is 5.75 Å². The van der Waals surface area contributed by atoms with Gasteiger partial charge < -0.3 is 10.5 Å². The van der Waals surface area contributed by atoms with Crippen molar-refractivity contribution in [2.75, 3.05) is 13.7 Å². The summed E-state index contributed by atoms with van der Waals surface area (Å²) in [4.78, 5) is 0. The fourth-order valence-electron chi connectivity index (χ4n) is 2.25. The fraction of sp³-hybridized carbons (Fsp3) is 0.250. The topological polar surface area (TPSA) is 35.2 Å². The van der Waals surface area contributed by atoms with Crippen LogP contribution in [0.4, 0.5) is 0 Å². The van der Waals surface area contributed by atoms with Crippen LogP contribution in [0.25, 0.3) is 0 Å². The van der Waals surface area contributed by atoms with Crippen molar-refractivity contribution in [3.63, 3.8) is 0 Å². The zero-order valence-electron chi connectivity index (χ0n) is 11.0. The molecule has 3 heteroatoms. The van der Waals surface area contributed by atoms with E-state index in [1.165, 1.54) is 0 Å². The standard InChI is InChI=1S/C16H18ClNO/c1-19-16-9-5-3-7-14(16)13(11-18)10-12-6-2-4-8-15(12)17/h2-9,13H,10-11,18H2,1H3. The van der Waals surface area contributed by atoms with Crippen molar-refractivity contribution in [2.24, 2.45) is 5.73 Å². The minimum atomic E-state index is 0.205. The molecule has 0 heterocycles. The second-order valence-corrected chi connectivity index (χ2v) is 4.88. The predicted molar refractivity (Wildman–Crippen MR) is 79.9 cm³/mol. The van der Waals surface area contributed by atoms with Crippen molar-refractivity contribution < 1.29 is 4.74 Å². The summed E-state index contributed by atoms with van der Waals surface area (Å²) in [7, 11) is 1.68. The van der Waals surface area contributed by atoms with Crippen molar-refractivity contribution in [3.8, 4) is 5.75 Å². The SMILES string of the molecule is COc1ccccc1C(CN)Cc1ccccc1Cl. The molecule has 100 valence electrons. The van der Waals surface area contributed by atoms with E-state index in [0.29, 0.717) is 6.54 Å². The highest BCUT2D eigenvalue weighted by atomic mass is 35.5. The number of methoxy groups -OCH3 is 1. The number of nitrogens with two attached hydrogens (primary N) is 1. The van der Waals surface area contributed by atoms with E-state index in [1.807, 2.05) is 42.5 Å². The summed E-state index contributed by atoms with van der Waals surface area (Å²) in [5.41, 5.74) is 8.18. The van der Waals surface area contributed by atoms with Gasteiger partial charge in [-0.2, -0.15) is 0 Å². The molecule has 0 aliphatic rings. The molecule has 0 fully saturated rings. The van der Waals surface area contributed by atoms with Gasteiger partial charge in [0.15, 0.2) is 0 Å². The van der Waals surface area contributed by atoms with Crippen molar-refractivity contribution in [2.45, 2.75) is 12.3 Å². The lowest BCUT2D eigenvalue weighted by molar-refractivity contribution is 0.405. The van der Waals surface area contributed by atoms with Gasteiger partial charge >= 0.3 is 0 Å². The van der Waals surface area contributed by atoms with E-state index < -0.39 is 0 Å². The summed E-state index contributed by atoms with van der Waals surface area (Å²) in [6.45, 7) is 0.561. The maximum Gasteiger partial charge on any atom is 0.122 e. The lowest BCUT2D eigenvalue weighted by Gasteiger charge is -2.18. The van der Waals surface area contributed by atoms with Crippen LogP contribution >= 0.6 is 11.6 Å². The Morgan fingerprint density at radius 3 is 2.47 bits per heavy atom. The molecular formula is C16H18ClNO. The smallest absolute Gasteiger partial charge is 0.122 e. The van der Waals surface area contributed by atoms with E-state index >= 15 is 0 Å². The fourth-order valence-corrected chi connectivity index (χ4v) is 2.47. The van der Waals surface area contributed by atoms with Crippen LogP contribution in [0, 0.1) is 0 Å². The van der Waals surface area contributed by atoms with E-state index in [4.69, 9.17) is 22.1 Å². The molecule has 0 amide bonds. The van der Waals surface area contributed by atoms with Crippen LogP contribution in [0.15, 0.2) is 48.5 Å². The van der Waals surface area contributed by atoms with Crippen LogP contribution in [0.1, 0.15) is 17.0 Å². The molecule has 0 aromatic heterocycles. The van der Waals surface area contributed by atoms with Gasteiger partial charge in [-0.15, -0.1) is 0 Å². The maximum atomic E-state index is 6.21. The molecule has 2 nitrogen and oxygen atoms in total. The lowest BCUT2D eigenvalue weighted by Crippen LogP contribution is -2.16. The Labute approximate surface area is 119 Å². The highest BCUT2D eigenvalue weighted by Crippen LogP contribution is 2.30. The molecule has 19 heavy (non-hydrogen) atoms. The first-order chi connectivity index (χ1) is 9.26. The summed E-state index contributed by atoms with van der Waals surface area (Å²) >= 11 is 6.21. The molecule has 0 bridgehead atoms. The molecule has 0 aliphatic heterocycles. The quantitative estimate of drug-likeness (QED) is 0.904. The molecule has 0 saturated carbocycles. The normalized spacial score (nSPS) is 12.2. The summed E-state index contributed by atoms with van der Waals surface area (Å²) < 4.78 is 5.41. The largest absolute Gasteiger partial charge is 0.496 e. The van der Waals surface area contributed by atoms with Crippen LogP contribution in [0.3, 0.4) is 0 Å². The van der Waals surface area contributed by atoms with Gasteiger partial charge in [0.25, 0.3) is 0 Å². The molecular weight excluding hydrogens is 258 g/mol. The number of rotatable bonds is 5. The first-order valence-corrected chi connectivity index (χ1v) is 6.70. The predicted octanol–water partition coefficient (Wildman–Crippen LogP) is 3.63. The van der Waals surface area contributed by atoms with E-state index in [2.05, 4.69) is 6.07 Å². The Bertz CT molecular complexity index is 542. The van der Waals surface area contributed by atoms with Crippen molar-refractivity contribution in [1.82, 2.24) is 0 Å². The van der Waals surface area contributed by atoms with E-state index in [9.17, 15) is 0 Å². The molecule has 0 saturated heterocycles. The van der Waals surface area contributed by atoms with Crippen molar-refractivity contribution >= 4 is 11.6 Å². The van der Waals surface area contributed by atoms with Gasteiger partial charge in [0.05, 0.1) is 7.11 Å². The van der Waals surface area contributed by atoms with E-state index in [1.54, 1.807) is 7.11 Å². The zero-order valence-corrected chi connectivity index (χ0v) is 11.7. The average molecular weight is 276 g/mol. The summed E-state index contributed by atoms with van der Waals surface area (Å²) in [6.07, 6.45) is 0.816. The van der Waals surface area contributed by atoms with Gasteiger partial charge in [0, 0.05) is 10.9 Å². The van der Waals surface area contributed by atoms with Crippen LogP contribution < -0.4 is 10.5 Å². The zero-order chi connectivity index (χ0) is 13.7. The summed E-state index contributed by atoms with van der Waals surface area (Å²) in [5, 5.41) is 0.788. The Hall–Kier alpha value is -1.51. The Morgan fingerprint density at radius 2 is 1.79 bits per heavy atom. The molecule has 2 rings (SSSR count). The minimum Gasteiger partial charge on any atom is -0.496 e. The first-order valence-electron chi connectivity index (χ1n) is 6.32. The van der Waals surface area contributed by atoms with Crippen molar-refractivity contribution in [3.05, 3.63) is 64.7 Å². The third-order valence-electron chi connectivity index (χ3n) is 3.29. The number of hydrogen-bond acceptors (Lipinski definition) is 2. The van der Waals surface area contributed by atoms with Crippen LogP contribution in [-0.2, 0) is 6.42 Å². The number of ether oxygens (including phenoxy) is 1. The molecule has 2 N–H and O–H groups in total. The van der Waals surface area contributed by atoms with Crippen LogP contribution in [0.5, 0.6) is 5.75 Å². The van der Waals surface area contributed by atoms with E-state index in [-0.39, 0.29) is 5.92 Å². The number of para-hydroxylation sites is 1. The second-order valence-electron chi connectivity index (χ2n) is 4.47.